The van der Waals surface area contributed by atoms with Crippen LogP contribution in [0.2, 0.25) is 0 Å². The standard InChI is InChI=1S/C27H24FNO5S/c1-19-25(21-8-10-22(28)11-9-21)16-24(35(2,31)32)17-26(19)29-14-12-20(18-29)13-15-33-27(30)34-23-6-4-3-5-7-23/h3-12,14,16-18H,13,15H2,1-2H3. The molecular weight excluding hydrogens is 469 g/mol. The normalized spacial score (nSPS) is 11.3. The third-order valence-corrected chi connectivity index (χ3v) is 6.62. The van der Waals surface area contributed by atoms with Gasteiger partial charge >= 0.3 is 6.16 Å². The van der Waals surface area contributed by atoms with Crippen molar-refractivity contribution < 1.29 is 27.1 Å². The van der Waals surface area contributed by atoms with Crippen LogP contribution in [0.1, 0.15) is 11.1 Å². The molecule has 0 bridgehead atoms. The van der Waals surface area contributed by atoms with E-state index in [0.717, 1.165) is 17.4 Å². The van der Waals surface area contributed by atoms with E-state index in [2.05, 4.69) is 0 Å². The Kier molecular flexibility index (Phi) is 7.02. The Morgan fingerprint density at radius 3 is 2.40 bits per heavy atom. The lowest BCUT2D eigenvalue weighted by molar-refractivity contribution is 0.100. The van der Waals surface area contributed by atoms with E-state index < -0.39 is 16.0 Å². The summed E-state index contributed by atoms with van der Waals surface area (Å²) in [4.78, 5) is 12.0. The number of para-hydroxylation sites is 1. The van der Waals surface area contributed by atoms with Gasteiger partial charge in [0.1, 0.15) is 11.6 Å². The van der Waals surface area contributed by atoms with Crippen molar-refractivity contribution in [3.63, 3.8) is 0 Å². The van der Waals surface area contributed by atoms with E-state index in [4.69, 9.17) is 9.47 Å². The number of rotatable bonds is 7. The van der Waals surface area contributed by atoms with Crippen molar-refractivity contribution in [2.75, 3.05) is 12.9 Å². The minimum absolute atomic E-state index is 0.124. The van der Waals surface area contributed by atoms with E-state index >= 15 is 0 Å². The summed E-state index contributed by atoms with van der Waals surface area (Å²) in [6, 6.07) is 19.7. The number of nitrogens with zero attached hydrogens (tertiary/aromatic N) is 1. The van der Waals surface area contributed by atoms with Crippen LogP contribution in [0.5, 0.6) is 5.75 Å². The molecule has 0 fully saturated rings. The molecule has 0 aliphatic carbocycles. The number of benzene rings is 3. The van der Waals surface area contributed by atoms with Gasteiger partial charge in [-0.25, -0.2) is 17.6 Å². The van der Waals surface area contributed by atoms with Crippen molar-refractivity contribution >= 4 is 16.0 Å². The first kappa shape index (κ1) is 24.2. The number of sulfone groups is 1. The first-order chi connectivity index (χ1) is 16.7. The lowest BCUT2D eigenvalue weighted by Gasteiger charge is -2.15. The van der Waals surface area contributed by atoms with E-state index in [1.807, 2.05) is 36.0 Å². The highest BCUT2D eigenvalue weighted by Gasteiger charge is 2.16. The Labute approximate surface area is 203 Å². The number of hydrogen-bond donors (Lipinski definition) is 0. The molecule has 0 aliphatic rings. The molecule has 1 aromatic heterocycles. The maximum Gasteiger partial charge on any atom is 0.513 e. The first-order valence-corrected chi connectivity index (χ1v) is 12.8. The second-order valence-electron chi connectivity index (χ2n) is 8.08. The van der Waals surface area contributed by atoms with Gasteiger partial charge < -0.3 is 14.0 Å². The van der Waals surface area contributed by atoms with Crippen LogP contribution in [-0.4, -0.2) is 32.0 Å². The van der Waals surface area contributed by atoms with Crippen LogP contribution in [-0.2, 0) is 21.0 Å². The van der Waals surface area contributed by atoms with Gasteiger partial charge in [-0.2, -0.15) is 0 Å². The summed E-state index contributed by atoms with van der Waals surface area (Å²) in [6.45, 7) is 2.02. The zero-order chi connectivity index (χ0) is 25.0. The summed E-state index contributed by atoms with van der Waals surface area (Å²) in [5.41, 5.74) is 3.83. The summed E-state index contributed by atoms with van der Waals surface area (Å²) in [5.74, 6) is 0.0395. The number of carbonyl (C=O) groups is 1. The van der Waals surface area contributed by atoms with Crippen LogP contribution in [0.3, 0.4) is 0 Å². The van der Waals surface area contributed by atoms with Crippen molar-refractivity contribution in [3.8, 4) is 22.6 Å². The maximum atomic E-state index is 13.4. The first-order valence-electron chi connectivity index (χ1n) is 10.9. The minimum atomic E-state index is -3.49. The van der Waals surface area contributed by atoms with Crippen molar-refractivity contribution in [1.82, 2.24) is 4.57 Å². The predicted molar refractivity (Wildman–Crippen MR) is 131 cm³/mol. The van der Waals surface area contributed by atoms with E-state index in [1.54, 1.807) is 48.5 Å². The zero-order valence-electron chi connectivity index (χ0n) is 19.3. The average Bonchev–Trinajstić information content (AvgIpc) is 3.28. The molecule has 0 amide bonds. The number of hydrogen-bond acceptors (Lipinski definition) is 5. The average molecular weight is 494 g/mol. The molecule has 1 heterocycles. The van der Waals surface area contributed by atoms with E-state index in [9.17, 15) is 17.6 Å². The van der Waals surface area contributed by atoms with Crippen LogP contribution in [0, 0.1) is 12.7 Å². The molecule has 4 rings (SSSR count). The summed E-state index contributed by atoms with van der Waals surface area (Å²) in [6.07, 6.45) is 4.50. The van der Waals surface area contributed by atoms with E-state index in [-0.39, 0.29) is 17.3 Å². The van der Waals surface area contributed by atoms with Gasteiger partial charge in [0.05, 0.1) is 11.5 Å². The summed E-state index contributed by atoms with van der Waals surface area (Å²) in [7, 11) is -3.49. The molecule has 3 aromatic carbocycles. The number of aromatic nitrogens is 1. The van der Waals surface area contributed by atoms with Gasteiger partial charge in [-0.15, -0.1) is 0 Å². The topological polar surface area (TPSA) is 74.6 Å². The second kappa shape index (κ2) is 10.1. The lowest BCUT2D eigenvalue weighted by atomic mass is 9.99. The molecule has 0 unspecified atom stereocenters. The van der Waals surface area contributed by atoms with Crippen LogP contribution >= 0.6 is 0 Å². The monoisotopic (exact) mass is 493 g/mol. The maximum absolute atomic E-state index is 13.4. The summed E-state index contributed by atoms with van der Waals surface area (Å²) in [5, 5.41) is 0. The highest BCUT2D eigenvalue weighted by Crippen LogP contribution is 2.32. The summed E-state index contributed by atoms with van der Waals surface area (Å²) < 4.78 is 50.3. The lowest BCUT2D eigenvalue weighted by Crippen LogP contribution is -2.12. The van der Waals surface area contributed by atoms with Gasteiger partial charge in [-0.1, -0.05) is 30.3 Å². The van der Waals surface area contributed by atoms with Gasteiger partial charge in [0.2, 0.25) is 0 Å². The van der Waals surface area contributed by atoms with Crippen molar-refractivity contribution in [1.29, 1.82) is 0 Å². The Balaban J connectivity index is 1.54. The van der Waals surface area contributed by atoms with Gasteiger partial charge in [0.25, 0.3) is 0 Å². The summed E-state index contributed by atoms with van der Waals surface area (Å²) >= 11 is 0. The molecule has 0 saturated heterocycles. The Morgan fingerprint density at radius 2 is 1.71 bits per heavy atom. The number of halogens is 1. The molecule has 0 saturated carbocycles. The fourth-order valence-electron chi connectivity index (χ4n) is 3.69. The van der Waals surface area contributed by atoms with E-state index in [0.29, 0.717) is 29.0 Å². The molecule has 0 spiro atoms. The predicted octanol–water partition coefficient (Wildman–Crippen LogP) is 5.75. The van der Waals surface area contributed by atoms with Crippen LogP contribution < -0.4 is 4.74 Å². The van der Waals surface area contributed by atoms with Gasteiger partial charge in [0, 0.05) is 30.8 Å². The number of carbonyl (C=O) groups excluding carboxylic acids is 1. The van der Waals surface area contributed by atoms with Crippen molar-refractivity contribution in [2.45, 2.75) is 18.2 Å². The molecule has 8 heteroatoms. The SMILES string of the molecule is Cc1c(-c2ccc(F)cc2)cc(S(C)(=O)=O)cc1-n1ccc(CCOC(=O)Oc2ccccc2)c1. The van der Waals surface area contributed by atoms with Crippen LogP contribution in [0.4, 0.5) is 9.18 Å². The molecule has 0 aliphatic heterocycles. The quantitative estimate of drug-likeness (QED) is 0.242. The largest absolute Gasteiger partial charge is 0.513 e. The molecule has 0 atom stereocenters. The van der Waals surface area contributed by atoms with E-state index in [1.165, 1.54) is 12.1 Å². The second-order valence-corrected chi connectivity index (χ2v) is 10.1. The smallest absolute Gasteiger partial charge is 0.434 e. The fraction of sp³-hybridized carbons (Fsp3) is 0.148. The molecule has 35 heavy (non-hydrogen) atoms. The highest BCUT2D eigenvalue weighted by atomic mass is 32.2. The third-order valence-electron chi connectivity index (χ3n) is 5.52. The van der Waals surface area contributed by atoms with Crippen molar-refractivity contribution in [3.05, 3.63) is 102 Å². The minimum Gasteiger partial charge on any atom is -0.434 e. The van der Waals surface area contributed by atoms with Gasteiger partial charge in [-0.3, -0.25) is 0 Å². The Morgan fingerprint density at radius 1 is 1.00 bits per heavy atom. The highest BCUT2D eigenvalue weighted by molar-refractivity contribution is 7.90. The molecule has 0 radical (unpaired) electrons. The van der Waals surface area contributed by atoms with Crippen LogP contribution in [0.15, 0.2) is 90.1 Å². The molecule has 4 aromatic rings. The molecule has 6 nitrogen and oxygen atoms in total. The fourth-order valence-corrected chi connectivity index (χ4v) is 4.35. The third kappa shape index (κ3) is 5.96. The molecule has 0 N–H and O–H groups in total. The Bertz CT molecular complexity index is 1440. The Hall–Kier alpha value is -3.91. The van der Waals surface area contributed by atoms with Gasteiger partial charge in [-0.05, 0) is 71.6 Å². The van der Waals surface area contributed by atoms with Crippen LogP contribution in [0.25, 0.3) is 16.8 Å². The van der Waals surface area contributed by atoms with Gasteiger partial charge in [0.15, 0.2) is 9.84 Å². The zero-order valence-corrected chi connectivity index (χ0v) is 20.1. The molecule has 180 valence electrons. The molecular formula is C27H24FNO5S. The number of ether oxygens (including phenoxy) is 2. The van der Waals surface area contributed by atoms with Crippen molar-refractivity contribution in [2.24, 2.45) is 0 Å².